The highest BCUT2D eigenvalue weighted by molar-refractivity contribution is 6.12. The molecule has 152 valence electrons. The highest BCUT2D eigenvalue weighted by Crippen LogP contribution is 2.47. The van der Waals surface area contributed by atoms with Gasteiger partial charge in [-0.1, -0.05) is 12.5 Å². The molecule has 0 unspecified atom stereocenters. The van der Waals surface area contributed by atoms with Crippen molar-refractivity contribution in [3.05, 3.63) is 41.5 Å². The Kier molecular flexibility index (Phi) is 4.52. The fourth-order valence-electron chi connectivity index (χ4n) is 5.24. The Morgan fingerprint density at radius 1 is 0.862 bits per heavy atom. The topological polar surface area (TPSA) is 51.2 Å². The van der Waals surface area contributed by atoms with Crippen molar-refractivity contribution in [3.63, 3.8) is 0 Å². The molecule has 0 radical (unpaired) electrons. The molecule has 0 amide bonds. The van der Waals surface area contributed by atoms with Crippen molar-refractivity contribution in [3.8, 4) is 17.2 Å². The molecule has 1 N–H and O–H groups in total. The number of aliphatic hydroxyl groups is 1. The van der Waals surface area contributed by atoms with E-state index in [-0.39, 0.29) is 6.04 Å². The lowest BCUT2D eigenvalue weighted by Crippen LogP contribution is -2.46. The molecule has 2 aliphatic heterocycles. The molecule has 2 atom stereocenters. The van der Waals surface area contributed by atoms with Crippen LogP contribution in [0.4, 0.5) is 0 Å². The third-order valence-electron chi connectivity index (χ3n) is 6.67. The van der Waals surface area contributed by atoms with Gasteiger partial charge in [0.25, 0.3) is 0 Å². The van der Waals surface area contributed by atoms with Crippen LogP contribution in [0.1, 0.15) is 36.5 Å². The van der Waals surface area contributed by atoms with Gasteiger partial charge in [-0.15, -0.1) is 0 Å². The van der Waals surface area contributed by atoms with E-state index in [4.69, 9.17) is 14.2 Å². The maximum absolute atomic E-state index is 11.4. The van der Waals surface area contributed by atoms with Crippen LogP contribution >= 0.6 is 0 Å². The van der Waals surface area contributed by atoms with E-state index in [2.05, 4.69) is 23.1 Å². The normalized spacial score (nSPS) is 21.7. The van der Waals surface area contributed by atoms with Gasteiger partial charge < -0.3 is 19.3 Å². The molecule has 3 aromatic carbocycles. The third kappa shape index (κ3) is 2.75. The van der Waals surface area contributed by atoms with Crippen LogP contribution in [0.2, 0.25) is 0 Å². The third-order valence-corrected chi connectivity index (χ3v) is 6.67. The molecule has 0 aliphatic carbocycles. The molecule has 0 saturated carbocycles. The van der Waals surface area contributed by atoms with Crippen molar-refractivity contribution in [2.45, 2.75) is 38.0 Å². The van der Waals surface area contributed by atoms with Crippen molar-refractivity contribution in [1.29, 1.82) is 0 Å². The molecule has 2 aliphatic rings. The first-order chi connectivity index (χ1) is 14.2. The van der Waals surface area contributed by atoms with Gasteiger partial charge in [0.1, 0.15) is 5.75 Å². The maximum Gasteiger partial charge on any atom is 0.161 e. The predicted molar refractivity (Wildman–Crippen MR) is 114 cm³/mol. The van der Waals surface area contributed by atoms with Crippen LogP contribution in [-0.2, 0) is 6.54 Å². The highest BCUT2D eigenvalue weighted by Gasteiger charge is 2.37. The zero-order valence-electron chi connectivity index (χ0n) is 17.2. The van der Waals surface area contributed by atoms with Gasteiger partial charge in [-0.2, -0.15) is 0 Å². The number of fused-ring (bicyclic) bond motifs is 7. The van der Waals surface area contributed by atoms with Crippen LogP contribution in [-0.4, -0.2) is 43.9 Å². The Balaban J connectivity index is 1.89. The smallest absolute Gasteiger partial charge is 0.161 e. The lowest BCUT2D eigenvalue weighted by Gasteiger charge is -2.44. The molecule has 5 heteroatoms. The van der Waals surface area contributed by atoms with Crippen molar-refractivity contribution in [1.82, 2.24) is 4.90 Å². The summed E-state index contributed by atoms with van der Waals surface area (Å²) < 4.78 is 16.7. The number of methoxy groups -OCH3 is 3. The molecular formula is C24H27NO4. The summed E-state index contributed by atoms with van der Waals surface area (Å²) >= 11 is 0. The van der Waals surface area contributed by atoms with E-state index in [0.29, 0.717) is 11.5 Å². The SMILES string of the molecule is COc1ccc2c3c(c4cc(OC)c(OC)cc4c2c1)CN1CCCC[C@@H]1[C@@H]3O. The average Bonchev–Trinajstić information content (AvgIpc) is 2.77. The molecule has 29 heavy (non-hydrogen) atoms. The number of rotatable bonds is 3. The van der Waals surface area contributed by atoms with E-state index in [0.717, 1.165) is 52.4 Å². The number of nitrogens with zero attached hydrogens (tertiary/aromatic N) is 1. The van der Waals surface area contributed by atoms with Crippen LogP contribution in [0.15, 0.2) is 30.3 Å². The Morgan fingerprint density at radius 2 is 1.59 bits per heavy atom. The molecule has 1 saturated heterocycles. The quantitative estimate of drug-likeness (QED) is 0.668. The van der Waals surface area contributed by atoms with E-state index in [1.165, 1.54) is 18.4 Å². The van der Waals surface area contributed by atoms with E-state index in [1.54, 1.807) is 21.3 Å². The van der Waals surface area contributed by atoms with Crippen LogP contribution in [0.25, 0.3) is 21.5 Å². The second-order valence-corrected chi connectivity index (χ2v) is 8.03. The van der Waals surface area contributed by atoms with Crippen LogP contribution in [0.5, 0.6) is 17.2 Å². The first-order valence-corrected chi connectivity index (χ1v) is 10.3. The molecule has 0 aromatic heterocycles. The summed E-state index contributed by atoms with van der Waals surface area (Å²) in [4.78, 5) is 2.45. The summed E-state index contributed by atoms with van der Waals surface area (Å²) in [5, 5.41) is 15.8. The number of aliphatic hydroxyl groups excluding tert-OH is 1. The zero-order valence-corrected chi connectivity index (χ0v) is 17.2. The summed E-state index contributed by atoms with van der Waals surface area (Å²) in [6, 6.07) is 10.4. The van der Waals surface area contributed by atoms with Crippen LogP contribution in [0, 0.1) is 0 Å². The number of benzene rings is 3. The van der Waals surface area contributed by atoms with Crippen LogP contribution < -0.4 is 14.2 Å². The van der Waals surface area contributed by atoms with Crippen molar-refractivity contribution < 1.29 is 19.3 Å². The van der Waals surface area contributed by atoms with Gasteiger partial charge in [0.05, 0.1) is 27.4 Å². The van der Waals surface area contributed by atoms with E-state index >= 15 is 0 Å². The second-order valence-electron chi connectivity index (χ2n) is 8.03. The first kappa shape index (κ1) is 18.5. The minimum absolute atomic E-state index is 0.194. The summed E-state index contributed by atoms with van der Waals surface area (Å²) in [6.45, 7) is 1.89. The maximum atomic E-state index is 11.4. The minimum atomic E-state index is -0.493. The molecule has 0 bridgehead atoms. The zero-order chi connectivity index (χ0) is 20.1. The summed E-state index contributed by atoms with van der Waals surface area (Å²) in [5.74, 6) is 2.22. The fraction of sp³-hybridized carbons (Fsp3) is 0.417. The summed E-state index contributed by atoms with van der Waals surface area (Å²) in [6.07, 6.45) is 2.92. The number of hydrogen-bond acceptors (Lipinski definition) is 5. The Hall–Kier alpha value is -2.50. The minimum Gasteiger partial charge on any atom is -0.497 e. The van der Waals surface area contributed by atoms with Gasteiger partial charge in [0, 0.05) is 12.6 Å². The van der Waals surface area contributed by atoms with Gasteiger partial charge in [-0.3, -0.25) is 4.90 Å². The second kappa shape index (κ2) is 7.08. The van der Waals surface area contributed by atoms with Crippen molar-refractivity contribution in [2.75, 3.05) is 27.9 Å². The lowest BCUT2D eigenvalue weighted by molar-refractivity contribution is 0.00754. The lowest BCUT2D eigenvalue weighted by atomic mass is 9.80. The van der Waals surface area contributed by atoms with Gasteiger partial charge >= 0.3 is 0 Å². The van der Waals surface area contributed by atoms with E-state index < -0.39 is 6.10 Å². The Bertz CT molecular complexity index is 1090. The average molecular weight is 393 g/mol. The largest absolute Gasteiger partial charge is 0.497 e. The van der Waals surface area contributed by atoms with Gasteiger partial charge in [0.2, 0.25) is 0 Å². The number of ether oxygens (including phenoxy) is 3. The Morgan fingerprint density at radius 3 is 2.31 bits per heavy atom. The molecule has 2 heterocycles. The van der Waals surface area contributed by atoms with Crippen LogP contribution in [0.3, 0.4) is 0 Å². The summed E-state index contributed by atoms with van der Waals surface area (Å²) in [7, 11) is 5.00. The number of piperidine rings is 1. The van der Waals surface area contributed by atoms with Crippen molar-refractivity contribution in [2.24, 2.45) is 0 Å². The molecular weight excluding hydrogens is 366 g/mol. The summed E-state index contributed by atoms with van der Waals surface area (Å²) in [5.41, 5.74) is 2.26. The molecule has 5 rings (SSSR count). The fourth-order valence-corrected chi connectivity index (χ4v) is 5.24. The van der Waals surface area contributed by atoms with Gasteiger partial charge in [0.15, 0.2) is 11.5 Å². The van der Waals surface area contributed by atoms with Crippen molar-refractivity contribution >= 4 is 21.5 Å². The monoisotopic (exact) mass is 393 g/mol. The molecule has 0 spiro atoms. The molecule has 3 aromatic rings. The molecule has 1 fully saturated rings. The Labute approximate surface area is 170 Å². The van der Waals surface area contributed by atoms with E-state index in [9.17, 15) is 5.11 Å². The number of hydrogen-bond donors (Lipinski definition) is 1. The van der Waals surface area contributed by atoms with Gasteiger partial charge in [-0.25, -0.2) is 0 Å². The van der Waals surface area contributed by atoms with E-state index in [1.807, 2.05) is 12.1 Å². The first-order valence-electron chi connectivity index (χ1n) is 10.3. The molecule has 5 nitrogen and oxygen atoms in total. The van der Waals surface area contributed by atoms with Gasteiger partial charge in [-0.05, 0) is 76.3 Å². The predicted octanol–water partition coefficient (Wildman–Crippen LogP) is 4.42. The standard InChI is InChI=1S/C24H27NO4/c1-27-14-7-8-15-16(10-14)17-11-21(28-2)22(29-3)12-18(17)19-13-25-9-5-4-6-20(25)24(26)23(15)19/h7-8,10-12,20,24,26H,4-6,9,13H2,1-3H3/t20-,24+/m1/s1. The highest BCUT2D eigenvalue weighted by atomic mass is 16.5.